The van der Waals surface area contributed by atoms with Crippen molar-refractivity contribution >= 4 is 43.9 Å². The number of benzene rings is 2. The molecule has 2 aliphatic carbocycles. The first-order chi connectivity index (χ1) is 17.1. The number of rotatable bonds is 6. The average molecular weight is 645 g/mol. The number of hydrogen-bond acceptors (Lipinski definition) is 0. The molecule has 2 aliphatic rings. The Hall–Kier alpha value is -0.400. The molecule has 204 valence electrons. The average Bonchev–Trinajstić information content (AvgIpc) is 3.13. The predicted octanol–water partition coefficient (Wildman–Crippen LogP) is 10.4. The molecule has 0 spiro atoms. The molecule has 0 nitrogen and oxygen atoms in total. The summed E-state index contributed by atoms with van der Waals surface area (Å²) < 4.78 is -1.00. The van der Waals surface area contributed by atoms with Crippen LogP contribution in [0.15, 0.2) is 35.4 Å². The van der Waals surface area contributed by atoms with Crippen LogP contribution in [0.2, 0.25) is 0 Å². The Kier molecular flexibility index (Phi) is 9.39. The van der Waals surface area contributed by atoms with E-state index < -0.39 is 18.5 Å². The molecular formula is C34H46Cl2SiZr. The summed E-state index contributed by atoms with van der Waals surface area (Å²) in [6.07, 6.45) is 0. The molecule has 0 N–H and O–H groups in total. The molecule has 0 saturated carbocycles. The molecule has 38 heavy (non-hydrogen) atoms. The fraction of sp³-hybridized carbons (Fsp3) is 0.529. The summed E-state index contributed by atoms with van der Waals surface area (Å²) in [5.41, 5.74) is 16.6. The molecule has 2 aromatic rings. The van der Waals surface area contributed by atoms with Crippen molar-refractivity contribution in [2.24, 2.45) is 0 Å². The molecule has 2 unspecified atom stereocenters. The summed E-state index contributed by atoms with van der Waals surface area (Å²) >= 11 is 15.8. The zero-order chi connectivity index (χ0) is 27.8. The van der Waals surface area contributed by atoms with Crippen molar-refractivity contribution < 1.29 is 26.2 Å². The van der Waals surface area contributed by atoms with Gasteiger partial charge in [-0.25, -0.2) is 0 Å². The van der Waals surface area contributed by atoms with Crippen LogP contribution < -0.4 is 0 Å². The Morgan fingerprint density at radius 1 is 0.553 bits per heavy atom. The van der Waals surface area contributed by atoms with Crippen LogP contribution in [0.4, 0.5) is 0 Å². The first kappa shape index (κ1) is 32.1. The van der Waals surface area contributed by atoms with Crippen LogP contribution in [0.25, 0.3) is 11.1 Å². The monoisotopic (exact) mass is 642 g/mol. The summed E-state index contributed by atoms with van der Waals surface area (Å²) in [5.74, 6) is 1.86. The molecule has 2 atom stereocenters. The fourth-order valence-electron chi connectivity index (χ4n) is 7.16. The fourth-order valence-corrected chi connectivity index (χ4v) is 11.9. The van der Waals surface area contributed by atoms with E-state index in [0.29, 0.717) is 23.7 Å². The van der Waals surface area contributed by atoms with Gasteiger partial charge >= 0.3 is 0 Å². The molecule has 0 aromatic heterocycles. The second-order valence-corrected chi connectivity index (χ2v) is 17.5. The van der Waals surface area contributed by atoms with Crippen LogP contribution in [0, 0.1) is 0 Å². The van der Waals surface area contributed by atoms with E-state index in [-0.39, 0.29) is 26.2 Å². The third-order valence-electron chi connectivity index (χ3n) is 9.36. The molecule has 2 aromatic carbocycles. The van der Waals surface area contributed by atoms with E-state index in [4.69, 9.17) is 23.2 Å². The van der Waals surface area contributed by atoms with Gasteiger partial charge in [0.2, 0.25) is 0 Å². The van der Waals surface area contributed by atoms with Gasteiger partial charge in [0.1, 0.15) is 0 Å². The van der Waals surface area contributed by atoms with Gasteiger partial charge in [-0.05, 0) is 118 Å². The minimum Gasteiger partial charge on any atom is -0.114 e. The van der Waals surface area contributed by atoms with Gasteiger partial charge in [0, 0.05) is 26.2 Å². The normalized spacial score (nSPS) is 23.1. The molecule has 0 radical (unpaired) electrons. The smallest absolute Gasteiger partial charge is 0.0923 e. The third-order valence-corrected chi connectivity index (χ3v) is 13.9. The van der Waals surface area contributed by atoms with E-state index in [2.05, 4.69) is 107 Å². The molecular weight excluding hydrogens is 599 g/mol. The van der Waals surface area contributed by atoms with Crippen LogP contribution in [0.5, 0.6) is 0 Å². The van der Waals surface area contributed by atoms with Crippen LogP contribution >= 0.6 is 23.2 Å². The Morgan fingerprint density at radius 2 is 0.868 bits per heavy atom. The number of allylic oxidation sites excluding steroid dienone is 4. The van der Waals surface area contributed by atoms with Gasteiger partial charge in [0.25, 0.3) is 0 Å². The Labute approximate surface area is 264 Å². The van der Waals surface area contributed by atoms with E-state index in [9.17, 15) is 0 Å². The Bertz CT molecular complexity index is 1230. The topological polar surface area (TPSA) is 0 Å². The number of halogens is 2. The SMILES string of the molecule is CC1=C(C)C(Cl)([SiH2]C2(Cl)C(C)=C(C)c3c2ccc(C(C)C)c3C(C)C)c2ccc(C(C)C)c(C(C)C)c21.[Zr]. The van der Waals surface area contributed by atoms with Crippen LogP contribution in [-0.4, -0.2) is 9.52 Å². The molecule has 0 aliphatic heterocycles. The van der Waals surface area contributed by atoms with E-state index >= 15 is 0 Å². The maximum atomic E-state index is 7.89. The first-order valence-electron chi connectivity index (χ1n) is 14.2. The van der Waals surface area contributed by atoms with Crippen molar-refractivity contribution in [1.29, 1.82) is 0 Å². The maximum absolute atomic E-state index is 7.89. The zero-order valence-corrected chi connectivity index (χ0v) is 31.0. The minimum absolute atomic E-state index is 0. The second kappa shape index (κ2) is 11.1. The summed E-state index contributed by atoms with van der Waals surface area (Å²) in [4.78, 5) is 0. The summed E-state index contributed by atoms with van der Waals surface area (Å²) in [7, 11) is -1.13. The molecule has 0 heterocycles. The van der Waals surface area contributed by atoms with Gasteiger partial charge in [-0.15, -0.1) is 23.2 Å². The van der Waals surface area contributed by atoms with Gasteiger partial charge in [0.05, 0.1) is 18.5 Å². The number of alkyl halides is 2. The number of fused-ring (bicyclic) bond motifs is 2. The van der Waals surface area contributed by atoms with Gasteiger partial charge in [-0.3, -0.25) is 0 Å². The Balaban J connectivity index is 0.00000400. The van der Waals surface area contributed by atoms with E-state index in [1.165, 1.54) is 66.8 Å². The van der Waals surface area contributed by atoms with Crippen molar-refractivity contribution in [3.8, 4) is 0 Å². The summed E-state index contributed by atoms with van der Waals surface area (Å²) in [6.45, 7) is 27.6. The number of hydrogen-bond donors (Lipinski definition) is 0. The molecule has 0 amide bonds. The Morgan fingerprint density at radius 3 is 1.13 bits per heavy atom. The van der Waals surface area contributed by atoms with Crippen molar-refractivity contribution in [1.82, 2.24) is 0 Å². The van der Waals surface area contributed by atoms with E-state index in [1.807, 2.05) is 0 Å². The second-order valence-electron chi connectivity index (χ2n) is 12.9. The third kappa shape index (κ3) is 4.66. The summed E-state index contributed by atoms with van der Waals surface area (Å²) in [5, 5.41) is 0. The standard InChI is InChI=1S/C34H46Cl2Si.Zr/c1-17(2)25-13-15-27-31(29(25)19(5)6)21(9)23(11)33(27,35)37-34(36)24(12)22(10)32-28(34)16-14-26(18(3)4)30(32)20(7)8;/h13-20H,37H2,1-12H3;. The van der Waals surface area contributed by atoms with Crippen LogP contribution in [0.3, 0.4) is 0 Å². The molecule has 0 bridgehead atoms. The maximum Gasteiger partial charge on any atom is 0.0923 e. The molecule has 4 rings (SSSR count). The summed E-state index contributed by atoms with van der Waals surface area (Å²) in [6, 6.07) is 9.36. The van der Waals surface area contributed by atoms with Crippen molar-refractivity contribution in [3.63, 3.8) is 0 Å². The van der Waals surface area contributed by atoms with Gasteiger partial charge in [-0.1, -0.05) is 79.7 Å². The van der Waals surface area contributed by atoms with Gasteiger partial charge in [0.15, 0.2) is 0 Å². The van der Waals surface area contributed by atoms with E-state index in [1.54, 1.807) is 0 Å². The quantitative estimate of drug-likeness (QED) is 0.217. The van der Waals surface area contributed by atoms with Crippen molar-refractivity contribution in [3.05, 3.63) is 79.9 Å². The van der Waals surface area contributed by atoms with E-state index in [0.717, 1.165) is 0 Å². The van der Waals surface area contributed by atoms with Gasteiger partial charge < -0.3 is 0 Å². The van der Waals surface area contributed by atoms with Gasteiger partial charge in [-0.2, -0.15) is 0 Å². The largest absolute Gasteiger partial charge is 0.114 e. The molecule has 4 heteroatoms. The molecule has 0 saturated heterocycles. The predicted molar refractivity (Wildman–Crippen MR) is 169 cm³/mol. The molecule has 0 fully saturated rings. The zero-order valence-electron chi connectivity index (χ0n) is 25.6. The van der Waals surface area contributed by atoms with Crippen LogP contribution in [-0.2, 0) is 35.2 Å². The van der Waals surface area contributed by atoms with Crippen LogP contribution in [0.1, 0.15) is 151 Å². The minimum atomic E-state index is -1.13. The van der Waals surface area contributed by atoms with Crippen molar-refractivity contribution in [2.45, 2.75) is 116 Å². The first-order valence-corrected chi connectivity index (χ1v) is 16.4. The van der Waals surface area contributed by atoms with Crippen molar-refractivity contribution in [2.75, 3.05) is 0 Å².